The molecule has 1 fully saturated rings. The predicted octanol–water partition coefficient (Wildman–Crippen LogP) is 2.09. The standard InChI is InChI=1S/C12H14F2N2O3/c13-11(14)19-10-3-1-9(2-4-10)15-5-7-16(8-6-15)12(17)18/h1-4,11H,5-8H2,(H,17,18). The van der Waals surface area contributed by atoms with E-state index in [0.717, 1.165) is 5.69 Å². The highest BCUT2D eigenvalue weighted by atomic mass is 19.3. The SMILES string of the molecule is O=C(O)N1CCN(c2ccc(OC(F)F)cc2)CC1. The van der Waals surface area contributed by atoms with Gasteiger partial charge in [0.25, 0.3) is 0 Å². The van der Waals surface area contributed by atoms with Crippen molar-refractivity contribution in [1.82, 2.24) is 4.90 Å². The van der Waals surface area contributed by atoms with Crippen LogP contribution in [0.25, 0.3) is 0 Å². The molecular weight excluding hydrogens is 258 g/mol. The normalized spacial score (nSPS) is 15.7. The molecule has 0 aliphatic carbocycles. The first kappa shape index (κ1) is 13.4. The Balaban J connectivity index is 1.94. The summed E-state index contributed by atoms with van der Waals surface area (Å²) in [6.07, 6.45) is -0.916. The molecule has 0 aromatic heterocycles. The minimum absolute atomic E-state index is 0.114. The van der Waals surface area contributed by atoms with Gasteiger partial charge in [0.2, 0.25) is 0 Å². The van der Waals surface area contributed by atoms with Gasteiger partial charge in [-0.05, 0) is 24.3 Å². The van der Waals surface area contributed by atoms with Crippen LogP contribution in [0.4, 0.5) is 19.3 Å². The second-order valence-corrected chi connectivity index (χ2v) is 4.13. The zero-order valence-corrected chi connectivity index (χ0v) is 10.1. The molecule has 1 heterocycles. The Kier molecular flexibility index (Phi) is 4.03. The van der Waals surface area contributed by atoms with Gasteiger partial charge in [0.05, 0.1) is 0 Å². The van der Waals surface area contributed by atoms with Gasteiger partial charge < -0.3 is 19.6 Å². The zero-order valence-electron chi connectivity index (χ0n) is 10.1. The third kappa shape index (κ3) is 3.46. The summed E-state index contributed by atoms with van der Waals surface area (Å²) in [5, 5.41) is 8.84. The molecule has 1 aromatic rings. The molecule has 7 heteroatoms. The molecule has 1 aromatic carbocycles. The first-order chi connectivity index (χ1) is 9.06. The Morgan fingerprint density at radius 3 is 2.21 bits per heavy atom. The van der Waals surface area contributed by atoms with E-state index in [9.17, 15) is 13.6 Å². The summed E-state index contributed by atoms with van der Waals surface area (Å²) < 4.78 is 28.3. The molecule has 1 saturated heterocycles. The first-order valence-electron chi connectivity index (χ1n) is 5.84. The van der Waals surface area contributed by atoms with Crippen LogP contribution in [-0.4, -0.2) is 48.9 Å². The monoisotopic (exact) mass is 272 g/mol. The van der Waals surface area contributed by atoms with Crippen molar-refractivity contribution in [2.75, 3.05) is 31.1 Å². The van der Waals surface area contributed by atoms with Crippen molar-refractivity contribution >= 4 is 11.8 Å². The Bertz CT molecular complexity index is 431. The lowest BCUT2D eigenvalue weighted by Crippen LogP contribution is -2.48. The van der Waals surface area contributed by atoms with Crippen molar-refractivity contribution < 1.29 is 23.4 Å². The lowest BCUT2D eigenvalue weighted by atomic mass is 10.2. The van der Waals surface area contributed by atoms with Gasteiger partial charge in [-0.15, -0.1) is 0 Å². The van der Waals surface area contributed by atoms with Gasteiger partial charge in [-0.3, -0.25) is 0 Å². The van der Waals surface area contributed by atoms with Crippen molar-refractivity contribution in [2.45, 2.75) is 6.61 Å². The molecule has 0 unspecified atom stereocenters. The number of hydrogen-bond acceptors (Lipinski definition) is 3. The molecule has 5 nitrogen and oxygen atoms in total. The zero-order chi connectivity index (χ0) is 13.8. The summed E-state index contributed by atoms with van der Waals surface area (Å²) in [6, 6.07) is 6.33. The van der Waals surface area contributed by atoms with Crippen LogP contribution in [0.2, 0.25) is 0 Å². The number of carbonyl (C=O) groups is 1. The number of halogens is 2. The highest BCUT2D eigenvalue weighted by molar-refractivity contribution is 5.65. The quantitative estimate of drug-likeness (QED) is 0.915. The number of rotatable bonds is 3. The molecule has 0 radical (unpaired) electrons. The second-order valence-electron chi connectivity index (χ2n) is 4.13. The average Bonchev–Trinajstić information content (AvgIpc) is 2.39. The molecule has 1 amide bonds. The molecule has 0 saturated carbocycles. The lowest BCUT2D eigenvalue weighted by Gasteiger charge is -2.34. The molecule has 2 rings (SSSR count). The molecule has 0 atom stereocenters. The summed E-state index contributed by atoms with van der Waals surface area (Å²) in [5.41, 5.74) is 0.867. The largest absolute Gasteiger partial charge is 0.465 e. The fourth-order valence-corrected chi connectivity index (χ4v) is 1.99. The lowest BCUT2D eigenvalue weighted by molar-refractivity contribution is -0.0498. The number of ether oxygens (including phenoxy) is 1. The highest BCUT2D eigenvalue weighted by Crippen LogP contribution is 2.21. The second kappa shape index (κ2) is 5.73. The van der Waals surface area contributed by atoms with E-state index in [4.69, 9.17) is 5.11 Å². The molecule has 104 valence electrons. The summed E-state index contributed by atoms with van der Waals surface area (Å²) in [4.78, 5) is 14.1. The van der Waals surface area contributed by atoms with E-state index in [1.807, 2.05) is 4.90 Å². The third-order valence-corrected chi connectivity index (χ3v) is 2.98. The molecule has 1 aliphatic rings. The molecule has 0 bridgehead atoms. The minimum Gasteiger partial charge on any atom is -0.465 e. The van der Waals surface area contributed by atoms with E-state index in [1.54, 1.807) is 12.1 Å². The van der Waals surface area contributed by atoms with Gasteiger partial charge in [-0.1, -0.05) is 0 Å². The Hall–Kier alpha value is -2.05. The van der Waals surface area contributed by atoms with E-state index in [1.165, 1.54) is 17.0 Å². The Morgan fingerprint density at radius 2 is 1.74 bits per heavy atom. The smallest absolute Gasteiger partial charge is 0.407 e. The van der Waals surface area contributed by atoms with Crippen molar-refractivity contribution in [3.63, 3.8) is 0 Å². The van der Waals surface area contributed by atoms with Gasteiger partial charge in [-0.2, -0.15) is 8.78 Å². The van der Waals surface area contributed by atoms with Crippen LogP contribution in [0, 0.1) is 0 Å². The van der Waals surface area contributed by atoms with Gasteiger partial charge in [-0.25, -0.2) is 4.79 Å². The van der Waals surface area contributed by atoms with E-state index in [2.05, 4.69) is 4.74 Å². The summed E-state index contributed by atoms with van der Waals surface area (Å²) in [6.45, 7) is -0.789. The number of benzene rings is 1. The van der Waals surface area contributed by atoms with E-state index in [-0.39, 0.29) is 5.75 Å². The highest BCUT2D eigenvalue weighted by Gasteiger charge is 2.20. The predicted molar refractivity (Wildman–Crippen MR) is 64.9 cm³/mol. The van der Waals surface area contributed by atoms with Crippen LogP contribution < -0.4 is 9.64 Å². The maximum Gasteiger partial charge on any atom is 0.407 e. The minimum atomic E-state index is -2.83. The number of anilines is 1. The van der Waals surface area contributed by atoms with Crippen LogP contribution >= 0.6 is 0 Å². The van der Waals surface area contributed by atoms with Crippen molar-refractivity contribution in [3.8, 4) is 5.75 Å². The average molecular weight is 272 g/mol. The molecule has 1 N–H and O–H groups in total. The molecular formula is C12H14F2N2O3. The summed E-state index contributed by atoms with van der Waals surface area (Å²) in [5.74, 6) is 0.114. The topological polar surface area (TPSA) is 53.0 Å². The number of nitrogens with zero attached hydrogens (tertiary/aromatic N) is 2. The summed E-state index contributed by atoms with van der Waals surface area (Å²) in [7, 11) is 0. The van der Waals surface area contributed by atoms with Crippen LogP contribution in [0.3, 0.4) is 0 Å². The number of piperazine rings is 1. The fraction of sp³-hybridized carbons (Fsp3) is 0.417. The number of alkyl halides is 2. The fourth-order valence-electron chi connectivity index (χ4n) is 1.99. The first-order valence-corrected chi connectivity index (χ1v) is 5.84. The van der Waals surface area contributed by atoms with Gasteiger partial charge in [0.15, 0.2) is 0 Å². The maximum absolute atomic E-state index is 12.0. The molecule has 1 aliphatic heterocycles. The molecule has 0 spiro atoms. The maximum atomic E-state index is 12.0. The Morgan fingerprint density at radius 1 is 1.16 bits per heavy atom. The van der Waals surface area contributed by atoms with Gasteiger partial charge >= 0.3 is 12.7 Å². The van der Waals surface area contributed by atoms with E-state index < -0.39 is 12.7 Å². The van der Waals surface area contributed by atoms with Crippen molar-refractivity contribution in [2.24, 2.45) is 0 Å². The van der Waals surface area contributed by atoms with Crippen molar-refractivity contribution in [1.29, 1.82) is 0 Å². The van der Waals surface area contributed by atoms with Crippen LogP contribution in [0.15, 0.2) is 24.3 Å². The van der Waals surface area contributed by atoms with Crippen LogP contribution in [0.5, 0.6) is 5.75 Å². The van der Waals surface area contributed by atoms with Gasteiger partial charge in [0, 0.05) is 31.9 Å². The van der Waals surface area contributed by atoms with E-state index >= 15 is 0 Å². The number of hydrogen-bond donors (Lipinski definition) is 1. The van der Waals surface area contributed by atoms with Crippen molar-refractivity contribution in [3.05, 3.63) is 24.3 Å². The number of carboxylic acid groups (broad SMARTS) is 1. The van der Waals surface area contributed by atoms with Crippen LogP contribution in [-0.2, 0) is 0 Å². The van der Waals surface area contributed by atoms with E-state index in [0.29, 0.717) is 26.2 Å². The number of amides is 1. The van der Waals surface area contributed by atoms with Crippen LogP contribution in [0.1, 0.15) is 0 Å². The Labute approximate surface area is 109 Å². The summed E-state index contributed by atoms with van der Waals surface area (Å²) >= 11 is 0. The third-order valence-electron chi connectivity index (χ3n) is 2.98. The van der Waals surface area contributed by atoms with Gasteiger partial charge in [0.1, 0.15) is 5.75 Å². The molecule has 19 heavy (non-hydrogen) atoms.